The zero-order chi connectivity index (χ0) is 19.4. The van der Waals surface area contributed by atoms with E-state index in [9.17, 15) is 18.4 Å². The van der Waals surface area contributed by atoms with Crippen LogP contribution < -0.4 is 10.6 Å². The van der Waals surface area contributed by atoms with Gasteiger partial charge in [-0.1, -0.05) is 6.07 Å². The maximum atomic E-state index is 13.3. The number of methoxy groups -OCH3 is 1. The summed E-state index contributed by atoms with van der Waals surface area (Å²) in [7, 11) is 1.28. The molecule has 140 valence electrons. The molecule has 2 N–H and O–H groups in total. The molecule has 0 bridgehead atoms. The highest BCUT2D eigenvalue weighted by Gasteiger charge is 2.21. The molecule has 1 aromatic heterocycles. The summed E-state index contributed by atoms with van der Waals surface area (Å²) >= 11 is 1.30. The number of thiophene rings is 1. The Bertz CT molecular complexity index is 836. The van der Waals surface area contributed by atoms with Gasteiger partial charge in [0.05, 0.1) is 19.2 Å². The molecule has 0 aliphatic carbocycles. The average Bonchev–Trinajstić information content (AvgIpc) is 2.88. The molecule has 5 nitrogen and oxygen atoms in total. The molecule has 0 aliphatic heterocycles. The van der Waals surface area contributed by atoms with Crippen LogP contribution in [0.1, 0.15) is 39.3 Å². The lowest BCUT2D eigenvalue weighted by molar-refractivity contribution is -0.115. The number of hydrogen-bond acceptors (Lipinski definition) is 5. The molecule has 0 radical (unpaired) electrons. The molecule has 1 heterocycles. The zero-order valence-electron chi connectivity index (χ0n) is 14.9. The van der Waals surface area contributed by atoms with Gasteiger partial charge in [0.1, 0.15) is 5.00 Å². The maximum absolute atomic E-state index is 13.3. The first-order chi connectivity index (χ1) is 12.2. The lowest BCUT2D eigenvalue weighted by atomic mass is 10.1. The van der Waals surface area contributed by atoms with Crippen molar-refractivity contribution in [1.82, 2.24) is 5.32 Å². The number of carbonyl (C=O) groups excluding carboxylic acids is 2. The van der Waals surface area contributed by atoms with Gasteiger partial charge >= 0.3 is 5.97 Å². The topological polar surface area (TPSA) is 67.4 Å². The first-order valence-electron chi connectivity index (χ1n) is 7.91. The summed E-state index contributed by atoms with van der Waals surface area (Å²) in [5.74, 6) is -2.72. The Morgan fingerprint density at radius 2 is 1.92 bits per heavy atom. The van der Waals surface area contributed by atoms with E-state index < -0.39 is 17.6 Å². The molecule has 1 aromatic carbocycles. The van der Waals surface area contributed by atoms with Gasteiger partial charge in [0, 0.05) is 10.9 Å². The quantitative estimate of drug-likeness (QED) is 0.748. The molecule has 1 atom stereocenters. The maximum Gasteiger partial charge on any atom is 0.341 e. The Balaban J connectivity index is 2.02. The molecule has 0 saturated carbocycles. The summed E-state index contributed by atoms with van der Waals surface area (Å²) in [4.78, 5) is 25.0. The van der Waals surface area contributed by atoms with Gasteiger partial charge < -0.3 is 15.4 Å². The minimum Gasteiger partial charge on any atom is -0.465 e. The van der Waals surface area contributed by atoms with E-state index >= 15 is 0 Å². The van der Waals surface area contributed by atoms with E-state index in [1.54, 1.807) is 13.8 Å². The summed E-state index contributed by atoms with van der Waals surface area (Å²) in [5, 5.41) is 6.06. The summed E-state index contributed by atoms with van der Waals surface area (Å²) in [5.41, 5.74) is 1.63. The van der Waals surface area contributed by atoms with Crippen LogP contribution in [0.15, 0.2) is 18.2 Å². The summed E-state index contributed by atoms with van der Waals surface area (Å²) in [6, 6.07) is 3.23. The molecular formula is C18H20F2N2O3S. The standard InChI is InChI=1S/C18H20F2N2O3S/c1-9-11(3)26-17(16(9)18(24)25-4)22-15(23)8-21-10(2)12-5-6-13(19)14(20)7-12/h5-7,10,21H,8H2,1-4H3,(H,22,23)/t10-/m1/s1. The van der Waals surface area contributed by atoms with Crippen LogP contribution in [0.2, 0.25) is 0 Å². The van der Waals surface area contributed by atoms with Crippen LogP contribution in [-0.2, 0) is 9.53 Å². The third-order valence-electron chi connectivity index (χ3n) is 4.04. The lowest BCUT2D eigenvalue weighted by Gasteiger charge is -2.14. The predicted molar refractivity (Wildman–Crippen MR) is 96.5 cm³/mol. The number of rotatable bonds is 6. The van der Waals surface area contributed by atoms with Gasteiger partial charge in [0.2, 0.25) is 5.91 Å². The SMILES string of the molecule is COC(=O)c1c(NC(=O)CN[C@H](C)c2ccc(F)c(F)c2)sc(C)c1C. The van der Waals surface area contributed by atoms with Crippen LogP contribution in [0.25, 0.3) is 0 Å². The first kappa shape index (κ1) is 20.0. The highest BCUT2D eigenvalue weighted by molar-refractivity contribution is 7.16. The van der Waals surface area contributed by atoms with E-state index in [-0.39, 0.29) is 18.5 Å². The van der Waals surface area contributed by atoms with Crippen molar-refractivity contribution in [3.8, 4) is 0 Å². The molecule has 0 spiro atoms. The number of anilines is 1. The van der Waals surface area contributed by atoms with Gasteiger partial charge in [0.25, 0.3) is 0 Å². The molecule has 0 saturated heterocycles. The van der Waals surface area contributed by atoms with Crippen molar-refractivity contribution in [2.75, 3.05) is 19.0 Å². The van der Waals surface area contributed by atoms with Crippen LogP contribution in [-0.4, -0.2) is 25.5 Å². The largest absolute Gasteiger partial charge is 0.465 e. The molecule has 0 aliphatic rings. The minimum atomic E-state index is -0.937. The van der Waals surface area contributed by atoms with Crippen molar-refractivity contribution in [1.29, 1.82) is 0 Å². The number of nitrogens with one attached hydrogen (secondary N) is 2. The van der Waals surface area contributed by atoms with Crippen LogP contribution in [0.3, 0.4) is 0 Å². The van der Waals surface area contributed by atoms with Crippen LogP contribution in [0.5, 0.6) is 0 Å². The second kappa shape index (κ2) is 8.37. The Labute approximate surface area is 154 Å². The van der Waals surface area contributed by atoms with E-state index in [0.717, 1.165) is 22.6 Å². The van der Waals surface area contributed by atoms with Crippen LogP contribution >= 0.6 is 11.3 Å². The Morgan fingerprint density at radius 1 is 1.23 bits per heavy atom. The number of esters is 1. The highest BCUT2D eigenvalue weighted by Crippen LogP contribution is 2.32. The number of ether oxygens (including phenoxy) is 1. The molecule has 8 heteroatoms. The van der Waals surface area contributed by atoms with Gasteiger partial charge in [0.15, 0.2) is 11.6 Å². The fourth-order valence-corrected chi connectivity index (χ4v) is 3.44. The molecule has 1 amide bonds. The van der Waals surface area contributed by atoms with Gasteiger partial charge in [-0.2, -0.15) is 0 Å². The normalized spacial score (nSPS) is 11.9. The van der Waals surface area contributed by atoms with Crippen molar-refractivity contribution in [2.45, 2.75) is 26.8 Å². The van der Waals surface area contributed by atoms with Crippen molar-refractivity contribution in [3.05, 3.63) is 51.4 Å². The van der Waals surface area contributed by atoms with Gasteiger partial charge in [-0.25, -0.2) is 13.6 Å². The Hall–Kier alpha value is -2.32. The Kier molecular flexibility index (Phi) is 6.44. The van der Waals surface area contributed by atoms with Crippen molar-refractivity contribution < 1.29 is 23.1 Å². The van der Waals surface area contributed by atoms with E-state index in [4.69, 9.17) is 4.74 Å². The van der Waals surface area contributed by atoms with E-state index in [2.05, 4.69) is 10.6 Å². The van der Waals surface area contributed by atoms with Crippen molar-refractivity contribution in [2.24, 2.45) is 0 Å². The monoisotopic (exact) mass is 382 g/mol. The van der Waals surface area contributed by atoms with E-state index in [1.165, 1.54) is 24.5 Å². The van der Waals surface area contributed by atoms with Gasteiger partial charge in [-0.15, -0.1) is 11.3 Å². The number of aryl methyl sites for hydroxylation is 1. The molecule has 0 fully saturated rings. The average molecular weight is 382 g/mol. The number of amides is 1. The third kappa shape index (κ3) is 4.44. The fraction of sp³-hybridized carbons (Fsp3) is 0.333. The number of halogens is 2. The van der Waals surface area contributed by atoms with Crippen molar-refractivity contribution in [3.63, 3.8) is 0 Å². The van der Waals surface area contributed by atoms with Gasteiger partial charge in [-0.3, -0.25) is 4.79 Å². The van der Waals surface area contributed by atoms with Gasteiger partial charge in [-0.05, 0) is 44.0 Å². The smallest absolute Gasteiger partial charge is 0.341 e. The summed E-state index contributed by atoms with van der Waals surface area (Å²) < 4.78 is 31.0. The second-order valence-corrected chi connectivity index (χ2v) is 7.03. The number of carbonyl (C=O) groups is 2. The number of hydrogen-bond donors (Lipinski definition) is 2. The molecule has 0 unspecified atom stereocenters. The van der Waals surface area contributed by atoms with Crippen LogP contribution in [0, 0.1) is 25.5 Å². The van der Waals surface area contributed by atoms with Crippen LogP contribution in [0.4, 0.5) is 13.8 Å². The molecule has 2 aromatic rings. The summed E-state index contributed by atoms with van der Waals surface area (Å²) in [6.07, 6.45) is 0. The fourth-order valence-electron chi connectivity index (χ4n) is 2.38. The Morgan fingerprint density at radius 3 is 2.54 bits per heavy atom. The molecule has 2 rings (SSSR count). The van der Waals surface area contributed by atoms with Crippen molar-refractivity contribution >= 4 is 28.2 Å². The second-order valence-electron chi connectivity index (χ2n) is 5.80. The third-order valence-corrected chi connectivity index (χ3v) is 5.16. The minimum absolute atomic E-state index is 0.0588. The lowest BCUT2D eigenvalue weighted by Crippen LogP contribution is -2.30. The number of benzene rings is 1. The van der Waals surface area contributed by atoms with E-state index in [0.29, 0.717) is 16.1 Å². The highest BCUT2D eigenvalue weighted by atomic mass is 32.1. The molecular weight excluding hydrogens is 362 g/mol. The first-order valence-corrected chi connectivity index (χ1v) is 8.72. The zero-order valence-corrected chi connectivity index (χ0v) is 15.7. The van der Waals surface area contributed by atoms with E-state index in [1.807, 2.05) is 6.92 Å². The molecule has 26 heavy (non-hydrogen) atoms. The summed E-state index contributed by atoms with van der Waals surface area (Å²) in [6.45, 7) is 5.32. The predicted octanol–water partition coefficient (Wildman–Crippen LogP) is 3.72.